The van der Waals surface area contributed by atoms with Crippen molar-refractivity contribution in [3.8, 4) is 5.88 Å². The summed E-state index contributed by atoms with van der Waals surface area (Å²) in [7, 11) is 1.38. The normalized spacial score (nSPS) is 22.4. The first-order valence-electron chi connectivity index (χ1n) is 6.14. The fourth-order valence-corrected chi connectivity index (χ4v) is 2.28. The fraction of sp³-hybridized carbons (Fsp3) is 0.583. The summed E-state index contributed by atoms with van der Waals surface area (Å²) in [6, 6.07) is 1.54. The zero-order chi connectivity index (χ0) is 15.8. The van der Waals surface area contributed by atoms with Gasteiger partial charge in [0.1, 0.15) is 0 Å². The summed E-state index contributed by atoms with van der Waals surface area (Å²) in [5.41, 5.74) is -2.26. The lowest BCUT2D eigenvalue weighted by molar-refractivity contribution is -0.225. The minimum absolute atomic E-state index is 0.0409. The van der Waals surface area contributed by atoms with E-state index in [0.717, 1.165) is 0 Å². The van der Waals surface area contributed by atoms with Gasteiger partial charge in [0.2, 0.25) is 11.8 Å². The van der Waals surface area contributed by atoms with Gasteiger partial charge in [-0.05, 0) is 13.3 Å². The van der Waals surface area contributed by atoms with E-state index in [1.165, 1.54) is 18.1 Å². The number of aliphatic carboxylic acids is 1. The standard InChI is InChI=1S/C12H14F3N3O3/c1-7-5-8(21-2)17-10(16-7)18-4-3-11(6-18,9(19)20)12(13,14)15/h5H,3-4,6H2,1-2H3,(H,19,20). The van der Waals surface area contributed by atoms with E-state index in [4.69, 9.17) is 9.84 Å². The van der Waals surface area contributed by atoms with Crippen molar-refractivity contribution >= 4 is 11.9 Å². The van der Waals surface area contributed by atoms with Gasteiger partial charge in [0.25, 0.3) is 0 Å². The SMILES string of the molecule is COc1cc(C)nc(N2CCC(C(=O)O)(C(F)(F)F)C2)n1. The largest absolute Gasteiger partial charge is 0.481 e. The van der Waals surface area contributed by atoms with Crippen LogP contribution < -0.4 is 9.64 Å². The van der Waals surface area contributed by atoms with Crippen LogP contribution in [-0.2, 0) is 4.79 Å². The number of carbonyl (C=O) groups is 1. The van der Waals surface area contributed by atoms with Crippen molar-refractivity contribution < 1.29 is 27.8 Å². The Morgan fingerprint density at radius 3 is 2.62 bits per heavy atom. The highest BCUT2D eigenvalue weighted by molar-refractivity contribution is 5.77. The Bertz CT molecular complexity index is 564. The summed E-state index contributed by atoms with van der Waals surface area (Å²) in [6.45, 7) is 0.856. The molecule has 6 nitrogen and oxygen atoms in total. The van der Waals surface area contributed by atoms with Crippen molar-refractivity contribution in [2.24, 2.45) is 5.41 Å². The number of carboxylic acids is 1. The molecule has 116 valence electrons. The van der Waals surface area contributed by atoms with Crippen LogP contribution >= 0.6 is 0 Å². The lowest BCUT2D eigenvalue weighted by Crippen LogP contribution is -2.47. The predicted octanol–water partition coefficient (Wildman–Crippen LogP) is 1.64. The van der Waals surface area contributed by atoms with Crippen molar-refractivity contribution in [2.45, 2.75) is 19.5 Å². The molecule has 21 heavy (non-hydrogen) atoms. The summed E-state index contributed by atoms with van der Waals surface area (Å²) in [4.78, 5) is 20.4. The Hall–Kier alpha value is -2.06. The van der Waals surface area contributed by atoms with Gasteiger partial charge in [-0.1, -0.05) is 0 Å². The molecule has 1 saturated heterocycles. The van der Waals surface area contributed by atoms with E-state index in [1.807, 2.05) is 0 Å². The number of alkyl halides is 3. The minimum Gasteiger partial charge on any atom is -0.481 e. The monoisotopic (exact) mass is 305 g/mol. The van der Waals surface area contributed by atoms with Crippen molar-refractivity contribution in [2.75, 3.05) is 25.1 Å². The van der Waals surface area contributed by atoms with Crippen LogP contribution in [0.25, 0.3) is 0 Å². The highest BCUT2D eigenvalue weighted by Gasteiger charge is 2.64. The number of ether oxygens (including phenoxy) is 1. The molecular weight excluding hydrogens is 291 g/mol. The molecule has 1 aliphatic heterocycles. The topological polar surface area (TPSA) is 75.5 Å². The Morgan fingerprint density at radius 1 is 1.48 bits per heavy atom. The number of carboxylic acid groups (broad SMARTS) is 1. The zero-order valence-corrected chi connectivity index (χ0v) is 11.4. The molecule has 0 spiro atoms. The molecule has 1 atom stereocenters. The average Bonchev–Trinajstić information content (AvgIpc) is 2.83. The molecule has 0 saturated carbocycles. The molecule has 1 N–H and O–H groups in total. The number of aryl methyl sites for hydroxylation is 1. The molecule has 2 heterocycles. The third-order valence-electron chi connectivity index (χ3n) is 3.53. The summed E-state index contributed by atoms with van der Waals surface area (Å²) in [6.07, 6.45) is -5.37. The molecule has 1 unspecified atom stereocenters. The second-order valence-electron chi connectivity index (χ2n) is 4.91. The number of aromatic nitrogens is 2. The number of nitrogens with zero attached hydrogens (tertiary/aromatic N) is 3. The molecule has 1 aromatic rings. The van der Waals surface area contributed by atoms with Gasteiger partial charge in [-0.25, -0.2) is 4.98 Å². The van der Waals surface area contributed by atoms with Crippen LogP contribution in [0.5, 0.6) is 5.88 Å². The van der Waals surface area contributed by atoms with E-state index in [0.29, 0.717) is 5.69 Å². The van der Waals surface area contributed by atoms with E-state index in [1.54, 1.807) is 6.92 Å². The molecule has 1 fully saturated rings. The van der Waals surface area contributed by atoms with Gasteiger partial charge in [0.15, 0.2) is 5.41 Å². The first-order valence-corrected chi connectivity index (χ1v) is 6.14. The van der Waals surface area contributed by atoms with Crippen LogP contribution in [0.15, 0.2) is 6.07 Å². The number of hydrogen-bond acceptors (Lipinski definition) is 5. The molecule has 2 rings (SSSR count). The average molecular weight is 305 g/mol. The van der Waals surface area contributed by atoms with Gasteiger partial charge < -0.3 is 14.7 Å². The highest BCUT2D eigenvalue weighted by atomic mass is 19.4. The van der Waals surface area contributed by atoms with E-state index < -0.39 is 30.5 Å². The second kappa shape index (κ2) is 5.05. The van der Waals surface area contributed by atoms with E-state index >= 15 is 0 Å². The molecule has 9 heteroatoms. The Balaban J connectivity index is 2.34. The van der Waals surface area contributed by atoms with Crippen molar-refractivity contribution in [3.05, 3.63) is 11.8 Å². The minimum atomic E-state index is -4.83. The molecule has 0 amide bonds. The quantitative estimate of drug-likeness (QED) is 0.915. The maximum atomic E-state index is 13.1. The Morgan fingerprint density at radius 2 is 2.14 bits per heavy atom. The van der Waals surface area contributed by atoms with Crippen molar-refractivity contribution in [1.82, 2.24) is 9.97 Å². The number of hydrogen-bond donors (Lipinski definition) is 1. The van der Waals surface area contributed by atoms with Crippen LogP contribution in [0.3, 0.4) is 0 Å². The number of anilines is 1. The second-order valence-corrected chi connectivity index (χ2v) is 4.91. The van der Waals surface area contributed by atoms with Gasteiger partial charge in [0, 0.05) is 24.8 Å². The van der Waals surface area contributed by atoms with Crippen molar-refractivity contribution in [3.63, 3.8) is 0 Å². The summed E-state index contributed by atoms with van der Waals surface area (Å²) < 4.78 is 44.3. The third kappa shape index (κ3) is 2.59. The third-order valence-corrected chi connectivity index (χ3v) is 3.53. The van der Waals surface area contributed by atoms with Gasteiger partial charge in [-0.15, -0.1) is 0 Å². The number of methoxy groups -OCH3 is 1. The van der Waals surface area contributed by atoms with E-state index in [-0.39, 0.29) is 18.4 Å². The molecule has 0 radical (unpaired) electrons. The summed E-state index contributed by atoms with van der Waals surface area (Å²) in [5.74, 6) is -1.62. The molecule has 0 aliphatic carbocycles. The van der Waals surface area contributed by atoms with Gasteiger partial charge >= 0.3 is 12.1 Å². The van der Waals surface area contributed by atoms with Crippen LogP contribution in [0.2, 0.25) is 0 Å². The van der Waals surface area contributed by atoms with Crippen LogP contribution in [0, 0.1) is 12.3 Å². The molecule has 0 aromatic carbocycles. The maximum Gasteiger partial charge on any atom is 0.406 e. The van der Waals surface area contributed by atoms with Crippen molar-refractivity contribution in [1.29, 1.82) is 0 Å². The zero-order valence-electron chi connectivity index (χ0n) is 11.4. The number of halogens is 3. The summed E-state index contributed by atoms with van der Waals surface area (Å²) >= 11 is 0. The van der Waals surface area contributed by atoms with Crippen LogP contribution in [0.4, 0.5) is 19.1 Å². The molecular formula is C12H14F3N3O3. The smallest absolute Gasteiger partial charge is 0.406 e. The highest BCUT2D eigenvalue weighted by Crippen LogP contribution is 2.46. The van der Waals surface area contributed by atoms with E-state index in [2.05, 4.69) is 9.97 Å². The van der Waals surface area contributed by atoms with Gasteiger partial charge in [0.05, 0.1) is 7.11 Å². The molecule has 1 aromatic heterocycles. The lowest BCUT2D eigenvalue weighted by atomic mass is 9.86. The van der Waals surface area contributed by atoms with Gasteiger partial charge in [-0.2, -0.15) is 18.2 Å². The van der Waals surface area contributed by atoms with Crippen LogP contribution in [0.1, 0.15) is 12.1 Å². The molecule has 0 bridgehead atoms. The van der Waals surface area contributed by atoms with Crippen LogP contribution in [-0.4, -0.2) is 47.4 Å². The molecule has 1 aliphatic rings. The maximum absolute atomic E-state index is 13.1. The van der Waals surface area contributed by atoms with Gasteiger partial charge in [-0.3, -0.25) is 4.79 Å². The predicted molar refractivity (Wildman–Crippen MR) is 66.3 cm³/mol. The fourth-order valence-electron chi connectivity index (χ4n) is 2.28. The first-order chi connectivity index (χ1) is 9.69. The Labute approximate surface area is 118 Å². The first kappa shape index (κ1) is 15.3. The summed E-state index contributed by atoms with van der Waals surface area (Å²) in [5, 5.41) is 9.01. The lowest BCUT2D eigenvalue weighted by Gasteiger charge is -2.27. The van der Waals surface area contributed by atoms with E-state index in [9.17, 15) is 18.0 Å². The number of rotatable bonds is 3. The Kier molecular flexibility index (Phi) is 3.68.